The molecule has 2 fully saturated rings. The number of hydrogen-bond donors (Lipinski definition) is 1. The van der Waals surface area contributed by atoms with Gasteiger partial charge in [0, 0.05) is 45.8 Å². The maximum absolute atomic E-state index is 12.7. The van der Waals surface area contributed by atoms with Gasteiger partial charge in [-0.15, -0.1) is 0 Å². The van der Waals surface area contributed by atoms with E-state index < -0.39 is 15.6 Å². The molecule has 0 bridgehead atoms. The van der Waals surface area contributed by atoms with Crippen LogP contribution in [0.15, 0.2) is 0 Å². The van der Waals surface area contributed by atoms with Crippen molar-refractivity contribution in [1.82, 2.24) is 14.1 Å². The number of piperazine rings is 1. The molecule has 0 aromatic heterocycles. The first-order chi connectivity index (χ1) is 10.6. The van der Waals surface area contributed by atoms with Gasteiger partial charge in [-0.25, -0.2) is 12.7 Å². The number of hydrogen-bond acceptors (Lipinski definition) is 5. The van der Waals surface area contributed by atoms with E-state index in [1.807, 2.05) is 4.90 Å². The van der Waals surface area contributed by atoms with Crippen molar-refractivity contribution in [3.8, 4) is 0 Å². The first-order valence-corrected chi connectivity index (χ1v) is 10.1. The van der Waals surface area contributed by atoms with Crippen LogP contribution >= 0.6 is 0 Å². The average molecular weight is 347 g/mol. The summed E-state index contributed by atoms with van der Waals surface area (Å²) in [5, 5.41) is 9.87. The zero-order chi connectivity index (χ0) is 17.3. The zero-order valence-electron chi connectivity index (χ0n) is 14.4. The van der Waals surface area contributed by atoms with Gasteiger partial charge in [0.2, 0.25) is 15.9 Å². The lowest BCUT2D eigenvalue weighted by molar-refractivity contribution is -0.138. The van der Waals surface area contributed by atoms with Gasteiger partial charge in [0.15, 0.2) is 0 Å². The third kappa shape index (κ3) is 5.41. The van der Waals surface area contributed by atoms with Crippen LogP contribution in [0.2, 0.25) is 0 Å². The van der Waals surface area contributed by atoms with Gasteiger partial charge in [-0.05, 0) is 26.7 Å². The minimum Gasteiger partial charge on any atom is -0.389 e. The molecule has 1 amide bonds. The summed E-state index contributed by atoms with van der Waals surface area (Å²) in [4.78, 5) is 16.7. The predicted molar refractivity (Wildman–Crippen MR) is 88.5 cm³/mol. The molecule has 0 radical (unpaired) electrons. The zero-order valence-corrected chi connectivity index (χ0v) is 15.2. The number of rotatable bonds is 4. The molecule has 0 aliphatic carbocycles. The molecule has 1 N–H and O–H groups in total. The second kappa shape index (κ2) is 7.04. The number of carbonyl (C=O) groups excluding carboxylic acids is 1. The van der Waals surface area contributed by atoms with Crippen LogP contribution in [0.1, 0.15) is 26.7 Å². The number of sulfonamides is 1. The van der Waals surface area contributed by atoms with Gasteiger partial charge >= 0.3 is 0 Å². The molecule has 7 nitrogen and oxygen atoms in total. The molecule has 1 atom stereocenters. The van der Waals surface area contributed by atoms with E-state index in [-0.39, 0.29) is 11.8 Å². The maximum atomic E-state index is 12.7. The molecule has 1 unspecified atom stereocenters. The molecule has 2 saturated heterocycles. The number of amides is 1. The standard InChI is InChI=1S/C15H29N3O4S/c1-15(2,20)12-16-7-9-17(10-8-16)14(19)13-5-4-6-18(11-13)23(3,21)22/h13,20H,4-12H2,1-3H3. The Balaban J connectivity index is 1.87. The van der Waals surface area contributed by atoms with E-state index in [2.05, 4.69) is 4.90 Å². The monoisotopic (exact) mass is 347 g/mol. The highest BCUT2D eigenvalue weighted by Crippen LogP contribution is 2.21. The Morgan fingerprint density at radius 2 is 1.78 bits per heavy atom. The molecule has 2 aliphatic rings. The molecule has 0 aromatic carbocycles. The van der Waals surface area contributed by atoms with Crippen molar-refractivity contribution in [2.75, 3.05) is 52.1 Å². The Hall–Kier alpha value is -0.700. The number of nitrogens with zero attached hydrogens (tertiary/aromatic N) is 3. The molecule has 0 spiro atoms. The third-order valence-corrected chi connectivity index (χ3v) is 5.77. The number of carbonyl (C=O) groups is 1. The summed E-state index contributed by atoms with van der Waals surface area (Å²) in [6.45, 7) is 7.77. The normalized spacial score (nSPS) is 25.6. The van der Waals surface area contributed by atoms with Crippen molar-refractivity contribution >= 4 is 15.9 Å². The Kier molecular flexibility index (Phi) is 5.71. The number of piperidine rings is 1. The third-order valence-electron chi connectivity index (χ3n) is 4.50. The minimum atomic E-state index is -3.23. The smallest absolute Gasteiger partial charge is 0.227 e. The first kappa shape index (κ1) is 18.6. The largest absolute Gasteiger partial charge is 0.389 e. The van der Waals surface area contributed by atoms with Crippen LogP contribution in [0, 0.1) is 5.92 Å². The van der Waals surface area contributed by atoms with Crippen molar-refractivity contribution in [3.63, 3.8) is 0 Å². The lowest BCUT2D eigenvalue weighted by atomic mass is 9.97. The van der Waals surface area contributed by atoms with Gasteiger partial charge < -0.3 is 10.0 Å². The molecular weight excluding hydrogens is 318 g/mol. The molecule has 134 valence electrons. The minimum absolute atomic E-state index is 0.0706. The fourth-order valence-corrected chi connectivity index (χ4v) is 4.29. The topological polar surface area (TPSA) is 81.2 Å². The highest BCUT2D eigenvalue weighted by molar-refractivity contribution is 7.88. The van der Waals surface area contributed by atoms with E-state index in [1.54, 1.807) is 13.8 Å². The van der Waals surface area contributed by atoms with Gasteiger partial charge in [0.05, 0.1) is 17.8 Å². The van der Waals surface area contributed by atoms with E-state index >= 15 is 0 Å². The van der Waals surface area contributed by atoms with E-state index in [0.29, 0.717) is 32.7 Å². The SMILES string of the molecule is CC(C)(O)CN1CCN(C(=O)C2CCCN(S(C)(=O)=O)C2)CC1. The molecule has 2 heterocycles. The van der Waals surface area contributed by atoms with Gasteiger partial charge in [0.25, 0.3) is 0 Å². The van der Waals surface area contributed by atoms with Gasteiger partial charge in [0.1, 0.15) is 0 Å². The van der Waals surface area contributed by atoms with Crippen molar-refractivity contribution in [2.24, 2.45) is 5.92 Å². The Labute approximate surface area is 139 Å². The summed E-state index contributed by atoms with van der Waals surface area (Å²) in [6.07, 6.45) is 2.70. The van der Waals surface area contributed by atoms with Gasteiger partial charge in [-0.3, -0.25) is 9.69 Å². The lowest BCUT2D eigenvalue weighted by Crippen LogP contribution is -2.54. The average Bonchev–Trinajstić information content (AvgIpc) is 2.45. The van der Waals surface area contributed by atoms with Crippen molar-refractivity contribution in [2.45, 2.75) is 32.3 Å². The van der Waals surface area contributed by atoms with Crippen LogP contribution in [-0.2, 0) is 14.8 Å². The van der Waals surface area contributed by atoms with E-state index in [9.17, 15) is 18.3 Å². The summed E-state index contributed by atoms with van der Waals surface area (Å²) in [5.41, 5.74) is -0.731. The Morgan fingerprint density at radius 1 is 1.17 bits per heavy atom. The van der Waals surface area contributed by atoms with Crippen molar-refractivity contribution < 1.29 is 18.3 Å². The Bertz CT molecular complexity index is 521. The Morgan fingerprint density at radius 3 is 2.30 bits per heavy atom. The van der Waals surface area contributed by atoms with Crippen LogP contribution in [0.25, 0.3) is 0 Å². The number of β-amino-alcohol motifs (C(OH)–C–C–N with tert-alkyl or cyclic N) is 1. The summed E-state index contributed by atoms with van der Waals surface area (Å²) in [7, 11) is -3.23. The summed E-state index contributed by atoms with van der Waals surface area (Å²) < 4.78 is 24.8. The highest BCUT2D eigenvalue weighted by Gasteiger charge is 2.34. The summed E-state index contributed by atoms with van der Waals surface area (Å²) in [5.74, 6) is -0.152. The van der Waals surface area contributed by atoms with Crippen molar-refractivity contribution in [1.29, 1.82) is 0 Å². The van der Waals surface area contributed by atoms with Crippen LogP contribution in [-0.4, -0.2) is 91.2 Å². The lowest BCUT2D eigenvalue weighted by Gasteiger charge is -2.39. The fraction of sp³-hybridized carbons (Fsp3) is 0.933. The molecule has 2 rings (SSSR count). The second-order valence-corrected chi connectivity index (χ2v) is 9.36. The first-order valence-electron chi connectivity index (χ1n) is 8.25. The maximum Gasteiger partial charge on any atom is 0.227 e. The van der Waals surface area contributed by atoms with E-state index in [0.717, 1.165) is 25.9 Å². The number of aliphatic hydroxyl groups is 1. The fourth-order valence-electron chi connectivity index (χ4n) is 3.38. The van der Waals surface area contributed by atoms with Gasteiger partial charge in [-0.1, -0.05) is 0 Å². The van der Waals surface area contributed by atoms with Crippen molar-refractivity contribution in [3.05, 3.63) is 0 Å². The van der Waals surface area contributed by atoms with E-state index in [4.69, 9.17) is 0 Å². The summed E-state index contributed by atoms with van der Waals surface area (Å²) >= 11 is 0. The molecule has 23 heavy (non-hydrogen) atoms. The van der Waals surface area contributed by atoms with Crippen LogP contribution in [0.3, 0.4) is 0 Å². The van der Waals surface area contributed by atoms with Gasteiger partial charge in [-0.2, -0.15) is 0 Å². The van der Waals surface area contributed by atoms with Crippen LogP contribution in [0.4, 0.5) is 0 Å². The highest BCUT2D eigenvalue weighted by atomic mass is 32.2. The van der Waals surface area contributed by atoms with E-state index in [1.165, 1.54) is 10.6 Å². The molecule has 0 saturated carbocycles. The molecule has 8 heteroatoms. The molecular formula is C15H29N3O4S. The second-order valence-electron chi connectivity index (χ2n) is 7.37. The predicted octanol–water partition coefficient (Wildman–Crippen LogP) is -0.427. The molecule has 2 aliphatic heterocycles. The summed E-state index contributed by atoms with van der Waals surface area (Å²) in [6, 6.07) is 0. The van der Waals surface area contributed by atoms with Crippen LogP contribution < -0.4 is 0 Å². The molecule has 0 aromatic rings. The quantitative estimate of drug-likeness (QED) is 0.747. The van der Waals surface area contributed by atoms with Crippen LogP contribution in [0.5, 0.6) is 0 Å².